The molecule has 0 unspecified atom stereocenters. The third-order valence-corrected chi connectivity index (χ3v) is 7.90. The van der Waals surface area contributed by atoms with E-state index in [0.29, 0.717) is 17.0 Å². The Balaban J connectivity index is 0.00000320. The Morgan fingerprint density at radius 3 is 2.63 bits per heavy atom. The fourth-order valence-electron chi connectivity index (χ4n) is 3.31. The molecule has 1 aromatic carbocycles. The van der Waals surface area contributed by atoms with Crippen molar-refractivity contribution in [1.82, 2.24) is 4.90 Å². The highest BCUT2D eigenvalue weighted by Crippen LogP contribution is 2.37. The van der Waals surface area contributed by atoms with Crippen molar-refractivity contribution in [1.29, 1.82) is 0 Å². The van der Waals surface area contributed by atoms with Crippen LogP contribution in [-0.2, 0) is 27.5 Å². The summed E-state index contributed by atoms with van der Waals surface area (Å²) >= 11 is 1.37. The van der Waals surface area contributed by atoms with Gasteiger partial charge in [-0.15, -0.1) is 23.7 Å². The highest BCUT2D eigenvalue weighted by Gasteiger charge is 2.29. The summed E-state index contributed by atoms with van der Waals surface area (Å²) in [5.74, 6) is -0.991. The minimum atomic E-state index is -3.42. The summed E-state index contributed by atoms with van der Waals surface area (Å²) in [5, 5.41) is 3.23. The molecular formula is C20H25ClN2O5S2. The van der Waals surface area contributed by atoms with E-state index in [-0.39, 0.29) is 28.6 Å². The molecule has 0 atom stereocenters. The summed E-state index contributed by atoms with van der Waals surface area (Å²) in [7, 11) is -2.10. The summed E-state index contributed by atoms with van der Waals surface area (Å²) in [6.07, 6.45) is 0.713. The molecule has 0 aliphatic carbocycles. The second-order valence-electron chi connectivity index (χ2n) is 6.70. The average molecular weight is 473 g/mol. The zero-order chi connectivity index (χ0) is 21.2. The second kappa shape index (κ2) is 9.91. The summed E-state index contributed by atoms with van der Waals surface area (Å²) in [6.45, 7) is 6.11. The van der Waals surface area contributed by atoms with Crippen molar-refractivity contribution in [3.05, 3.63) is 45.8 Å². The number of nitrogens with zero attached hydrogens (tertiary/aromatic N) is 1. The van der Waals surface area contributed by atoms with E-state index in [1.54, 1.807) is 13.0 Å². The van der Waals surface area contributed by atoms with Gasteiger partial charge in [0.15, 0.2) is 9.84 Å². The lowest BCUT2D eigenvalue weighted by molar-refractivity contribution is 0.0600. The Hall–Kier alpha value is -1.94. The molecule has 1 aliphatic rings. The molecule has 2 heterocycles. The summed E-state index contributed by atoms with van der Waals surface area (Å²) in [5.41, 5.74) is 1.54. The topological polar surface area (TPSA) is 92.8 Å². The fraction of sp³-hybridized carbons (Fsp3) is 0.400. The van der Waals surface area contributed by atoms with Crippen LogP contribution >= 0.6 is 23.7 Å². The first-order valence-electron chi connectivity index (χ1n) is 9.40. The van der Waals surface area contributed by atoms with Gasteiger partial charge in [-0.25, -0.2) is 13.2 Å². The molecule has 10 heteroatoms. The number of hydrogen-bond acceptors (Lipinski definition) is 7. The van der Waals surface area contributed by atoms with E-state index in [0.717, 1.165) is 30.1 Å². The Morgan fingerprint density at radius 1 is 1.27 bits per heavy atom. The largest absolute Gasteiger partial charge is 0.465 e. The molecule has 0 bridgehead atoms. The number of hydrogen-bond donors (Lipinski definition) is 1. The van der Waals surface area contributed by atoms with E-state index < -0.39 is 21.7 Å². The van der Waals surface area contributed by atoms with E-state index in [4.69, 9.17) is 4.74 Å². The number of thiophene rings is 1. The van der Waals surface area contributed by atoms with Crippen LogP contribution in [0.1, 0.15) is 45.0 Å². The lowest BCUT2D eigenvalue weighted by Crippen LogP contribution is -2.29. The molecule has 0 spiro atoms. The van der Waals surface area contributed by atoms with Crippen LogP contribution in [0.2, 0.25) is 0 Å². The number of rotatable bonds is 6. The molecule has 164 valence electrons. The van der Waals surface area contributed by atoms with E-state index in [2.05, 4.69) is 17.1 Å². The normalized spacial score (nSPS) is 13.8. The van der Waals surface area contributed by atoms with E-state index in [1.807, 2.05) is 0 Å². The number of methoxy groups -OCH3 is 1. The van der Waals surface area contributed by atoms with Gasteiger partial charge >= 0.3 is 5.97 Å². The van der Waals surface area contributed by atoms with Crippen LogP contribution in [-0.4, -0.2) is 51.1 Å². The Kier molecular flexibility index (Phi) is 8.04. The van der Waals surface area contributed by atoms with E-state index in [1.165, 1.54) is 36.6 Å². The predicted molar refractivity (Wildman–Crippen MR) is 120 cm³/mol. The third-order valence-electron chi connectivity index (χ3n) is 5.04. The van der Waals surface area contributed by atoms with Crippen LogP contribution in [0.4, 0.5) is 5.00 Å². The number of nitrogens with one attached hydrogen (secondary N) is 1. The van der Waals surface area contributed by atoms with Crippen LogP contribution in [0.15, 0.2) is 29.2 Å². The van der Waals surface area contributed by atoms with Gasteiger partial charge in [0.25, 0.3) is 5.91 Å². The molecule has 30 heavy (non-hydrogen) atoms. The van der Waals surface area contributed by atoms with Crippen molar-refractivity contribution in [3.8, 4) is 0 Å². The van der Waals surface area contributed by atoms with Gasteiger partial charge in [0.2, 0.25) is 0 Å². The molecule has 1 N–H and O–H groups in total. The number of likely N-dealkylation sites (N-methyl/N-ethyl adjacent to an activating group) is 1. The van der Waals surface area contributed by atoms with Gasteiger partial charge < -0.3 is 10.1 Å². The van der Waals surface area contributed by atoms with Gasteiger partial charge in [0, 0.05) is 23.5 Å². The van der Waals surface area contributed by atoms with Crippen LogP contribution in [0.5, 0.6) is 0 Å². The van der Waals surface area contributed by atoms with Gasteiger partial charge in [0.1, 0.15) is 5.00 Å². The number of benzene rings is 1. The van der Waals surface area contributed by atoms with Gasteiger partial charge in [-0.05, 0) is 36.7 Å². The van der Waals surface area contributed by atoms with Gasteiger partial charge in [-0.3, -0.25) is 9.69 Å². The maximum atomic E-state index is 12.8. The molecule has 1 amide bonds. The van der Waals surface area contributed by atoms with Crippen molar-refractivity contribution in [2.75, 3.05) is 31.3 Å². The number of halogens is 1. The average Bonchev–Trinajstić information content (AvgIpc) is 3.09. The van der Waals surface area contributed by atoms with Crippen LogP contribution in [0.25, 0.3) is 0 Å². The molecular weight excluding hydrogens is 448 g/mol. The molecule has 3 rings (SSSR count). The summed E-state index contributed by atoms with van der Waals surface area (Å²) in [4.78, 5) is 28.6. The first-order valence-corrected chi connectivity index (χ1v) is 11.9. The smallest absolute Gasteiger partial charge is 0.341 e. The summed E-state index contributed by atoms with van der Waals surface area (Å²) in [6, 6.07) is 5.92. The minimum Gasteiger partial charge on any atom is -0.465 e. The van der Waals surface area contributed by atoms with Gasteiger partial charge in [-0.1, -0.05) is 19.9 Å². The zero-order valence-electron chi connectivity index (χ0n) is 17.1. The van der Waals surface area contributed by atoms with Crippen molar-refractivity contribution >= 4 is 50.5 Å². The molecule has 0 saturated heterocycles. The molecule has 2 aromatic rings. The number of fused-ring (bicyclic) bond motifs is 1. The maximum absolute atomic E-state index is 12.8. The zero-order valence-corrected chi connectivity index (χ0v) is 19.5. The van der Waals surface area contributed by atoms with Gasteiger partial charge in [0.05, 0.1) is 23.3 Å². The SMILES string of the molecule is CCN1CCc2c(sc(NC(=O)c3cccc(S(=O)(=O)CC)c3)c2C(=O)OC)C1.Cl. The number of ether oxygens (including phenoxy) is 1. The fourth-order valence-corrected chi connectivity index (χ4v) is 5.50. The first-order chi connectivity index (χ1) is 13.8. The molecule has 0 fully saturated rings. The van der Waals surface area contributed by atoms with Gasteiger partial charge in [-0.2, -0.15) is 0 Å². The second-order valence-corrected chi connectivity index (χ2v) is 10.1. The molecule has 7 nitrogen and oxygen atoms in total. The number of amides is 1. The third kappa shape index (κ3) is 4.85. The number of carbonyl (C=O) groups excluding carboxylic acids is 2. The molecule has 0 saturated carbocycles. The number of anilines is 1. The number of esters is 1. The Labute approximate surface area is 186 Å². The highest BCUT2D eigenvalue weighted by molar-refractivity contribution is 7.91. The molecule has 1 aliphatic heterocycles. The summed E-state index contributed by atoms with van der Waals surface area (Å²) < 4.78 is 29.2. The molecule has 0 radical (unpaired) electrons. The quantitative estimate of drug-likeness (QED) is 0.648. The highest BCUT2D eigenvalue weighted by atomic mass is 35.5. The van der Waals surface area contributed by atoms with Crippen LogP contribution < -0.4 is 5.32 Å². The van der Waals surface area contributed by atoms with Crippen molar-refractivity contribution in [2.45, 2.75) is 31.7 Å². The van der Waals surface area contributed by atoms with Crippen molar-refractivity contribution < 1.29 is 22.7 Å². The number of sulfone groups is 1. The standard InChI is InChI=1S/C20H24N2O5S2.ClH/c1-4-22-10-9-15-16(12-22)28-19(17(15)20(24)27-3)21-18(23)13-7-6-8-14(11-13)29(25,26)5-2;/h6-8,11H,4-5,9-10,12H2,1-3H3,(H,21,23);1H. The monoisotopic (exact) mass is 472 g/mol. The van der Waals surface area contributed by atoms with E-state index >= 15 is 0 Å². The lowest BCUT2D eigenvalue weighted by Gasteiger charge is -2.25. The van der Waals surface area contributed by atoms with Crippen molar-refractivity contribution in [2.24, 2.45) is 0 Å². The Morgan fingerprint density at radius 2 is 2.00 bits per heavy atom. The lowest BCUT2D eigenvalue weighted by atomic mass is 10.0. The van der Waals surface area contributed by atoms with Crippen LogP contribution in [0, 0.1) is 0 Å². The van der Waals surface area contributed by atoms with Crippen LogP contribution in [0.3, 0.4) is 0 Å². The predicted octanol–water partition coefficient (Wildman–Crippen LogP) is 3.38. The van der Waals surface area contributed by atoms with E-state index in [9.17, 15) is 18.0 Å². The Bertz CT molecular complexity index is 1050. The maximum Gasteiger partial charge on any atom is 0.341 e. The first kappa shape index (κ1) is 24.3. The minimum absolute atomic E-state index is 0. The molecule has 1 aromatic heterocycles. The van der Waals surface area contributed by atoms with Crippen molar-refractivity contribution in [3.63, 3.8) is 0 Å². The number of carbonyl (C=O) groups is 2.